The standard InChI is InChI=1S/C9H10FN3O2S/c10-6-3-1-2-4-7(6)15-5-8(14)12-13-9(11)16/h1-4H,5H2,(H,12,14)(H3,11,13,16). The summed E-state index contributed by atoms with van der Waals surface area (Å²) in [5, 5.41) is -0.0701. The smallest absolute Gasteiger partial charge is 0.276 e. The molecular formula is C9H10FN3O2S. The van der Waals surface area contributed by atoms with E-state index in [0.717, 1.165) is 0 Å². The number of carbonyl (C=O) groups is 1. The number of ether oxygens (including phenoxy) is 1. The fourth-order valence-corrected chi connectivity index (χ4v) is 0.924. The highest BCUT2D eigenvalue weighted by atomic mass is 32.1. The maximum atomic E-state index is 13.0. The van der Waals surface area contributed by atoms with Crippen molar-refractivity contribution < 1.29 is 13.9 Å². The van der Waals surface area contributed by atoms with E-state index in [-0.39, 0.29) is 17.5 Å². The van der Waals surface area contributed by atoms with Crippen molar-refractivity contribution in [1.29, 1.82) is 0 Å². The van der Waals surface area contributed by atoms with E-state index in [1.807, 2.05) is 0 Å². The number of para-hydroxylation sites is 1. The number of amides is 1. The minimum absolute atomic E-state index is 0.00738. The molecule has 5 nitrogen and oxygen atoms in total. The highest BCUT2D eigenvalue weighted by Crippen LogP contribution is 2.14. The van der Waals surface area contributed by atoms with E-state index in [4.69, 9.17) is 10.5 Å². The lowest BCUT2D eigenvalue weighted by Gasteiger charge is -2.08. The minimum Gasteiger partial charge on any atom is -0.481 e. The quantitative estimate of drug-likeness (QED) is 0.517. The molecule has 0 atom stereocenters. The molecule has 1 amide bonds. The van der Waals surface area contributed by atoms with Gasteiger partial charge in [0.15, 0.2) is 23.3 Å². The lowest BCUT2D eigenvalue weighted by molar-refractivity contribution is -0.123. The molecular weight excluding hydrogens is 233 g/mol. The van der Waals surface area contributed by atoms with E-state index in [2.05, 4.69) is 23.1 Å². The number of hydrazine groups is 1. The molecule has 0 radical (unpaired) electrons. The fraction of sp³-hybridized carbons (Fsp3) is 0.111. The summed E-state index contributed by atoms with van der Waals surface area (Å²) in [7, 11) is 0. The van der Waals surface area contributed by atoms with Gasteiger partial charge in [-0.2, -0.15) is 0 Å². The summed E-state index contributed by atoms with van der Waals surface area (Å²) >= 11 is 4.46. The summed E-state index contributed by atoms with van der Waals surface area (Å²) < 4.78 is 18.0. The Labute approximate surface area is 96.7 Å². The van der Waals surface area contributed by atoms with Gasteiger partial charge in [-0.05, 0) is 24.4 Å². The number of rotatable bonds is 3. The van der Waals surface area contributed by atoms with E-state index in [1.54, 1.807) is 6.07 Å². The first-order chi connectivity index (χ1) is 7.59. The Morgan fingerprint density at radius 1 is 1.44 bits per heavy atom. The van der Waals surface area contributed by atoms with Crippen molar-refractivity contribution in [2.75, 3.05) is 6.61 Å². The maximum absolute atomic E-state index is 13.0. The van der Waals surface area contributed by atoms with E-state index in [1.165, 1.54) is 18.2 Å². The van der Waals surface area contributed by atoms with Gasteiger partial charge in [0, 0.05) is 0 Å². The van der Waals surface area contributed by atoms with Crippen molar-refractivity contribution in [3.05, 3.63) is 30.1 Å². The zero-order valence-electron chi connectivity index (χ0n) is 8.20. The molecule has 0 aliphatic carbocycles. The van der Waals surface area contributed by atoms with Crippen LogP contribution in [0.25, 0.3) is 0 Å². The Kier molecular flexibility index (Phi) is 4.46. The van der Waals surface area contributed by atoms with Gasteiger partial charge >= 0.3 is 0 Å². The van der Waals surface area contributed by atoms with Crippen LogP contribution in [0, 0.1) is 5.82 Å². The number of halogens is 1. The van der Waals surface area contributed by atoms with Crippen molar-refractivity contribution in [2.45, 2.75) is 0 Å². The van der Waals surface area contributed by atoms with Gasteiger partial charge in [0.05, 0.1) is 0 Å². The van der Waals surface area contributed by atoms with Crippen molar-refractivity contribution in [3.8, 4) is 5.75 Å². The molecule has 16 heavy (non-hydrogen) atoms. The molecule has 0 spiro atoms. The van der Waals surface area contributed by atoms with Crippen LogP contribution in [0.1, 0.15) is 0 Å². The van der Waals surface area contributed by atoms with Crippen LogP contribution in [0.2, 0.25) is 0 Å². The highest BCUT2D eigenvalue weighted by molar-refractivity contribution is 7.80. The lowest BCUT2D eigenvalue weighted by atomic mass is 10.3. The number of benzene rings is 1. The highest BCUT2D eigenvalue weighted by Gasteiger charge is 2.05. The Morgan fingerprint density at radius 3 is 2.75 bits per heavy atom. The molecule has 4 N–H and O–H groups in total. The van der Waals surface area contributed by atoms with Gasteiger partial charge < -0.3 is 10.5 Å². The molecule has 86 valence electrons. The van der Waals surface area contributed by atoms with Gasteiger partial charge in [-0.15, -0.1) is 0 Å². The molecule has 1 rings (SSSR count). The summed E-state index contributed by atoms with van der Waals surface area (Å²) in [5.41, 5.74) is 9.48. The first-order valence-electron chi connectivity index (χ1n) is 4.31. The zero-order valence-corrected chi connectivity index (χ0v) is 9.01. The van der Waals surface area contributed by atoms with Crippen molar-refractivity contribution >= 4 is 23.2 Å². The molecule has 0 fully saturated rings. The van der Waals surface area contributed by atoms with Crippen LogP contribution in [-0.2, 0) is 4.79 Å². The van der Waals surface area contributed by atoms with Crippen LogP contribution >= 0.6 is 12.2 Å². The average molecular weight is 243 g/mol. The van der Waals surface area contributed by atoms with Crippen LogP contribution < -0.4 is 21.3 Å². The van der Waals surface area contributed by atoms with Gasteiger partial charge in [0.2, 0.25) is 0 Å². The third-order valence-electron chi connectivity index (χ3n) is 1.52. The molecule has 0 aliphatic heterocycles. The lowest BCUT2D eigenvalue weighted by Crippen LogP contribution is -2.46. The van der Waals surface area contributed by atoms with Crippen LogP contribution in [0.15, 0.2) is 24.3 Å². The topological polar surface area (TPSA) is 76.4 Å². The van der Waals surface area contributed by atoms with Gasteiger partial charge in [-0.1, -0.05) is 12.1 Å². The van der Waals surface area contributed by atoms with E-state index in [9.17, 15) is 9.18 Å². The van der Waals surface area contributed by atoms with Crippen LogP contribution in [0.3, 0.4) is 0 Å². The van der Waals surface area contributed by atoms with Crippen LogP contribution in [0.4, 0.5) is 4.39 Å². The minimum atomic E-state index is -0.530. The molecule has 0 heterocycles. The molecule has 0 aromatic heterocycles. The van der Waals surface area contributed by atoms with Crippen LogP contribution in [-0.4, -0.2) is 17.6 Å². The first kappa shape index (κ1) is 12.2. The molecule has 0 unspecified atom stereocenters. The largest absolute Gasteiger partial charge is 0.481 e. The molecule has 0 aliphatic rings. The predicted molar refractivity (Wildman–Crippen MR) is 60.0 cm³/mol. The van der Waals surface area contributed by atoms with E-state index in [0.29, 0.717) is 0 Å². The summed E-state index contributed by atoms with van der Waals surface area (Å²) in [6, 6.07) is 5.78. The Hall–Kier alpha value is -1.89. The number of nitrogens with one attached hydrogen (secondary N) is 2. The van der Waals surface area contributed by atoms with Gasteiger partial charge in [0.25, 0.3) is 5.91 Å². The van der Waals surface area contributed by atoms with E-state index < -0.39 is 11.7 Å². The zero-order chi connectivity index (χ0) is 12.0. The molecule has 1 aromatic carbocycles. The van der Waals surface area contributed by atoms with Crippen LogP contribution in [0.5, 0.6) is 5.75 Å². The summed E-state index contributed by atoms with van der Waals surface area (Å²) in [4.78, 5) is 11.1. The number of hydrogen-bond acceptors (Lipinski definition) is 3. The Bertz CT molecular complexity index is 400. The summed E-state index contributed by atoms with van der Waals surface area (Å²) in [6.45, 7) is -0.337. The van der Waals surface area contributed by atoms with Gasteiger partial charge in [-0.25, -0.2) is 4.39 Å². The molecule has 0 saturated carbocycles. The monoisotopic (exact) mass is 243 g/mol. The summed E-state index contributed by atoms with van der Waals surface area (Å²) in [6.07, 6.45) is 0. The predicted octanol–water partition coefficient (Wildman–Crippen LogP) is 0.0689. The Balaban J connectivity index is 2.37. The van der Waals surface area contributed by atoms with Gasteiger partial charge in [-0.3, -0.25) is 15.6 Å². The summed E-state index contributed by atoms with van der Waals surface area (Å²) in [5.74, 6) is -1.04. The number of nitrogens with two attached hydrogens (primary N) is 1. The molecule has 0 saturated heterocycles. The SMILES string of the molecule is NC(=S)NNC(=O)COc1ccccc1F. The van der Waals surface area contributed by atoms with Crippen molar-refractivity contribution in [2.24, 2.45) is 5.73 Å². The van der Waals surface area contributed by atoms with Gasteiger partial charge in [0.1, 0.15) is 0 Å². The second-order valence-electron chi connectivity index (χ2n) is 2.76. The first-order valence-corrected chi connectivity index (χ1v) is 4.72. The molecule has 0 bridgehead atoms. The fourth-order valence-electron chi connectivity index (χ4n) is 0.872. The normalized spacial score (nSPS) is 9.31. The van der Waals surface area contributed by atoms with Crippen molar-refractivity contribution in [3.63, 3.8) is 0 Å². The molecule has 7 heteroatoms. The second kappa shape index (κ2) is 5.86. The maximum Gasteiger partial charge on any atom is 0.276 e. The number of hydrogen-bond donors (Lipinski definition) is 3. The number of carbonyl (C=O) groups excluding carboxylic acids is 1. The Morgan fingerprint density at radius 2 is 2.12 bits per heavy atom. The molecule has 1 aromatic rings. The van der Waals surface area contributed by atoms with E-state index >= 15 is 0 Å². The third-order valence-corrected chi connectivity index (χ3v) is 1.62. The second-order valence-corrected chi connectivity index (χ2v) is 3.20. The van der Waals surface area contributed by atoms with Crippen molar-refractivity contribution in [1.82, 2.24) is 10.9 Å². The third kappa shape index (κ3) is 4.09. The average Bonchev–Trinajstić information content (AvgIpc) is 2.25. The number of thiocarbonyl (C=S) groups is 1.